The van der Waals surface area contributed by atoms with Crippen LogP contribution in [0.5, 0.6) is 5.75 Å². The molecule has 1 amide bonds. The van der Waals surface area contributed by atoms with Crippen molar-refractivity contribution in [2.45, 2.75) is 31.8 Å². The summed E-state index contributed by atoms with van der Waals surface area (Å²) in [6.45, 7) is 2.47. The lowest BCUT2D eigenvalue weighted by atomic mass is 9.91. The Kier molecular flexibility index (Phi) is 5.92. The molecule has 28 heavy (non-hydrogen) atoms. The van der Waals surface area contributed by atoms with Gasteiger partial charge in [-0.25, -0.2) is 0 Å². The van der Waals surface area contributed by atoms with Crippen LogP contribution in [0.4, 0.5) is 0 Å². The molecule has 1 atom stereocenters. The average Bonchev–Trinajstić information content (AvgIpc) is 3.08. The van der Waals surface area contributed by atoms with E-state index < -0.39 is 0 Å². The summed E-state index contributed by atoms with van der Waals surface area (Å²) < 4.78 is 7.14. The number of methoxy groups -OCH3 is 1. The molecule has 1 aliphatic carbocycles. The lowest BCUT2D eigenvalue weighted by Crippen LogP contribution is -2.39. The van der Waals surface area contributed by atoms with E-state index in [0.29, 0.717) is 11.7 Å². The van der Waals surface area contributed by atoms with Gasteiger partial charge in [0.05, 0.1) is 7.11 Å². The number of aromatic nitrogens is 2. The van der Waals surface area contributed by atoms with Crippen LogP contribution in [0.25, 0.3) is 0 Å². The Hall–Kier alpha value is -1.99. The molecule has 0 radical (unpaired) electrons. The molecule has 2 heterocycles. The van der Waals surface area contributed by atoms with Crippen LogP contribution in [0, 0.1) is 0 Å². The highest BCUT2D eigenvalue weighted by molar-refractivity contribution is 7.99. The van der Waals surface area contributed by atoms with Crippen molar-refractivity contribution in [1.29, 1.82) is 0 Å². The minimum atomic E-state index is 0.105. The fourth-order valence-corrected chi connectivity index (χ4v) is 4.96. The number of fused-ring (bicyclic) bond motifs is 1. The summed E-state index contributed by atoms with van der Waals surface area (Å²) in [7, 11) is 3.65. The van der Waals surface area contributed by atoms with Gasteiger partial charge in [-0.15, -0.1) is 0 Å². The third kappa shape index (κ3) is 4.05. The highest BCUT2D eigenvalue weighted by atomic mass is 32.2. The second-order valence-corrected chi connectivity index (χ2v) is 8.70. The number of hydrogen-bond donors (Lipinski definition) is 1. The fourth-order valence-electron chi connectivity index (χ4n) is 4.06. The highest BCUT2D eigenvalue weighted by Gasteiger charge is 2.30. The summed E-state index contributed by atoms with van der Waals surface area (Å²) in [6.07, 6.45) is 2.89. The minimum Gasteiger partial charge on any atom is -0.497 e. The minimum absolute atomic E-state index is 0.105. The van der Waals surface area contributed by atoms with Gasteiger partial charge in [0.1, 0.15) is 5.75 Å². The molecule has 150 valence electrons. The van der Waals surface area contributed by atoms with Crippen LogP contribution in [-0.2, 0) is 26.4 Å². The largest absolute Gasteiger partial charge is 0.497 e. The summed E-state index contributed by atoms with van der Waals surface area (Å²) in [5.74, 6) is 3.02. The van der Waals surface area contributed by atoms with E-state index in [4.69, 9.17) is 4.74 Å². The molecule has 0 bridgehead atoms. The SMILES string of the molecule is COc1ccc(CN[C@H]2CCc3c(c(C(=O)N4CCSCC4)nn3C)C2)cc1. The molecule has 1 saturated heterocycles. The molecule has 1 aromatic carbocycles. The maximum absolute atomic E-state index is 13.0. The number of carbonyl (C=O) groups is 1. The van der Waals surface area contributed by atoms with Gasteiger partial charge in [-0.2, -0.15) is 16.9 Å². The lowest BCUT2D eigenvalue weighted by molar-refractivity contribution is 0.0764. The van der Waals surface area contributed by atoms with E-state index in [1.165, 1.54) is 11.3 Å². The zero-order valence-corrected chi connectivity index (χ0v) is 17.4. The van der Waals surface area contributed by atoms with Crippen LogP contribution in [0.2, 0.25) is 0 Å². The number of hydrogen-bond acceptors (Lipinski definition) is 5. The molecule has 0 saturated carbocycles. The molecule has 4 rings (SSSR count). The van der Waals surface area contributed by atoms with Gasteiger partial charge in [0.25, 0.3) is 5.91 Å². The number of aryl methyl sites for hydroxylation is 1. The number of nitrogens with zero attached hydrogens (tertiary/aromatic N) is 3. The van der Waals surface area contributed by atoms with Crippen molar-refractivity contribution < 1.29 is 9.53 Å². The van der Waals surface area contributed by atoms with E-state index in [2.05, 4.69) is 22.5 Å². The predicted molar refractivity (Wildman–Crippen MR) is 112 cm³/mol. The summed E-state index contributed by atoms with van der Waals surface area (Å²) in [5, 5.41) is 8.28. The molecular weight excluding hydrogens is 372 g/mol. The molecule has 2 aliphatic rings. The van der Waals surface area contributed by atoms with E-state index in [-0.39, 0.29) is 5.91 Å². The maximum atomic E-state index is 13.0. The van der Waals surface area contributed by atoms with Gasteiger partial charge in [-0.05, 0) is 37.0 Å². The van der Waals surface area contributed by atoms with E-state index in [9.17, 15) is 4.79 Å². The molecule has 1 N–H and O–H groups in total. The summed E-state index contributed by atoms with van der Waals surface area (Å²) in [6, 6.07) is 8.53. The van der Waals surface area contributed by atoms with Gasteiger partial charge in [0.2, 0.25) is 0 Å². The molecular formula is C21H28N4O2S. The molecule has 1 aromatic heterocycles. The number of thioether (sulfide) groups is 1. The first kappa shape index (κ1) is 19.3. The van der Waals surface area contributed by atoms with E-state index in [1.807, 2.05) is 40.5 Å². The zero-order chi connectivity index (χ0) is 19.5. The first-order valence-corrected chi connectivity index (χ1v) is 11.1. The second kappa shape index (κ2) is 8.57. The number of benzene rings is 1. The second-order valence-electron chi connectivity index (χ2n) is 7.47. The number of nitrogens with one attached hydrogen (secondary N) is 1. The third-order valence-corrected chi connectivity index (χ3v) is 6.65. The van der Waals surface area contributed by atoms with Crippen LogP contribution in [0.3, 0.4) is 0 Å². The monoisotopic (exact) mass is 400 g/mol. The molecule has 6 nitrogen and oxygen atoms in total. The molecule has 1 aliphatic heterocycles. The Morgan fingerprint density at radius 2 is 2.04 bits per heavy atom. The summed E-state index contributed by atoms with van der Waals surface area (Å²) >= 11 is 1.92. The van der Waals surface area contributed by atoms with Gasteiger partial charge in [-0.3, -0.25) is 9.48 Å². The van der Waals surface area contributed by atoms with Gasteiger partial charge < -0.3 is 15.0 Å². The molecule has 0 spiro atoms. The standard InChI is InChI=1S/C21H28N4O2S/c1-24-19-8-5-16(22-14-15-3-6-17(27-2)7-4-15)13-18(19)20(23-24)21(26)25-9-11-28-12-10-25/h3-4,6-7,16,22H,5,8-14H2,1-2H3/t16-/m0/s1. The Morgan fingerprint density at radius 1 is 1.29 bits per heavy atom. The zero-order valence-electron chi connectivity index (χ0n) is 16.6. The van der Waals surface area contributed by atoms with Gasteiger partial charge in [-0.1, -0.05) is 12.1 Å². The number of ether oxygens (including phenoxy) is 1. The van der Waals surface area contributed by atoms with E-state index in [0.717, 1.165) is 61.7 Å². The van der Waals surface area contributed by atoms with Crippen molar-refractivity contribution in [1.82, 2.24) is 20.0 Å². The smallest absolute Gasteiger partial charge is 0.274 e. The van der Waals surface area contributed by atoms with Gasteiger partial charge in [0, 0.05) is 55.5 Å². The number of rotatable bonds is 5. The molecule has 7 heteroatoms. The quantitative estimate of drug-likeness (QED) is 0.834. The highest BCUT2D eigenvalue weighted by Crippen LogP contribution is 2.26. The van der Waals surface area contributed by atoms with Crippen molar-refractivity contribution in [2.24, 2.45) is 7.05 Å². The maximum Gasteiger partial charge on any atom is 0.274 e. The Balaban J connectivity index is 1.44. The predicted octanol–water partition coefficient (Wildman–Crippen LogP) is 2.26. The average molecular weight is 401 g/mol. The normalized spacial score (nSPS) is 19.4. The lowest BCUT2D eigenvalue weighted by Gasteiger charge is -2.27. The van der Waals surface area contributed by atoms with Crippen molar-refractivity contribution in [2.75, 3.05) is 31.7 Å². The summed E-state index contributed by atoms with van der Waals surface area (Å²) in [4.78, 5) is 15.0. The van der Waals surface area contributed by atoms with Crippen molar-refractivity contribution >= 4 is 17.7 Å². The number of amides is 1. The molecule has 1 fully saturated rings. The van der Waals surface area contributed by atoms with E-state index in [1.54, 1.807) is 7.11 Å². The van der Waals surface area contributed by atoms with Crippen LogP contribution < -0.4 is 10.1 Å². The molecule has 2 aromatic rings. The number of carbonyl (C=O) groups excluding carboxylic acids is 1. The first-order valence-electron chi connectivity index (χ1n) is 9.94. The topological polar surface area (TPSA) is 59.4 Å². The van der Waals surface area contributed by atoms with Crippen molar-refractivity contribution in [3.8, 4) is 5.75 Å². The third-order valence-electron chi connectivity index (χ3n) is 5.71. The first-order chi connectivity index (χ1) is 13.7. The summed E-state index contributed by atoms with van der Waals surface area (Å²) in [5.41, 5.74) is 4.27. The Bertz CT molecular complexity index is 828. The van der Waals surface area contributed by atoms with Crippen LogP contribution in [-0.4, -0.2) is 58.3 Å². The van der Waals surface area contributed by atoms with Crippen LogP contribution >= 0.6 is 11.8 Å². The Morgan fingerprint density at radius 3 is 2.75 bits per heavy atom. The van der Waals surface area contributed by atoms with Crippen LogP contribution in [0.15, 0.2) is 24.3 Å². The fraction of sp³-hybridized carbons (Fsp3) is 0.524. The van der Waals surface area contributed by atoms with Crippen molar-refractivity contribution in [3.05, 3.63) is 46.8 Å². The van der Waals surface area contributed by atoms with Crippen LogP contribution in [0.1, 0.15) is 33.7 Å². The van der Waals surface area contributed by atoms with Gasteiger partial charge in [0.15, 0.2) is 5.69 Å². The van der Waals surface area contributed by atoms with Gasteiger partial charge >= 0.3 is 0 Å². The Labute approximate surface area is 170 Å². The molecule has 0 unspecified atom stereocenters. The van der Waals surface area contributed by atoms with Crippen molar-refractivity contribution in [3.63, 3.8) is 0 Å². The van der Waals surface area contributed by atoms with E-state index >= 15 is 0 Å².